The van der Waals surface area contributed by atoms with E-state index in [0.717, 1.165) is 88.9 Å². The van der Waals surface area contributed by atoms with E-state index in [1.165, 1.54) is 19.6 Å². The summed E-state index contributed by atoms with van der Waals surface area (Å²) in [4.78, 5) is 20.1. The van der Waals surface area contributed by atoms with E-state index in [0.29, 0.717) is 36.9 Å². The first-order valence-corrected chi connectivity index (χ1v) is 19.6. The minimum atomic E-state index is -3.23. The molecular formula is C38H51F2N3O4S. The van der Waals surface area contributed by atoms with E-state index in [1.807, 2.05) is 18.2 Å². The number of rotatable bonds is 13. The fraction of sp³-hybridized carbons (Fsp3) is 0.658. The predicted octanol–water partition coefficient (Wildman–Crippen LogP) is 5.87. The number of esters is 1. The van der Waals surface area contributed by atoms with E-state index in [1.54, 1.807) is 18.2 Å². The Morgan fingerprint density at radius 3 is 2.27 bits per heavy atom. The molecule has 5 fully saturated rings. The number of nitrogens with zero attached hydrogens (tertiary/aromatic N) is 3. The topological polar surface area (TPSA) is 70.2 Å². The van der Waals surface area contributed by atoms with Crippen molar-refractivity contribution in [1.82, 2.24) is 9.80 Å². The van der Waals surface area contributed by atoms with Crippen molar-refractivity contribution >= 4 is 21.5 Å². The van der Waals surface area contributed by atoms with Gasteiger partial charge in [0.05, 0.1) is 23.9 Å². The van der Waals surface area contributed by atoms with E-state index >= 15 is 0 Å². The lowest BCUT2D eigenvalue weighted by molar-refractivity contribution is -0.142. The smallest absolute Gasteiger partial charge is 0.305 e. The zero-order valence-corrected chi connectivity index (χ0v) is 29.1. The largest absolute Gasteiger partial charge is 0.469 e. The molecule has 3 heterocycles. The van der Waals surface area contributed by atoms with Gasteiger partial charge in [-0.1, -0.05) is 18.6 Å². The Bertz CT molecular complexity index is 1550. The van der Waals surface area contributed by atoms with Gasteiger partial charge < -0.3 is 19.4 Å². The van der Waals surface area contributed by atoms with Crippen molar-refractivity contribution in [2.24, 2.45) is 23.2 Å². The molecule has 3 atom stereocenters. The maximum Gasteiger partial charge on any atom is 0.305 e. The Labute approximate surface area is 284 Å². The highest BCUT2D eigenvalue weighted by Crippen LogP contribution is 2.54. The van der Waals surface area contributed by atoms with Gasteiger partial charge in [-0.15, -0.1) is 0 Å². The van der Waals surface area contributed by atoms with Crippen molar-refractivity contribution in [2.75, 3.05) is 71.0 Å². The van der Waals surface area contributed by atoms with Crippen LogP contribution in [0.1, 0.15) is 63.4 Å². The molecule has 2 saturated carbocycles. The Kier molecular flexibility index (Phi) is 9.63. The second-order valence-corrected chi connectivity index (χ2v) is 17.8. The summed E-state index contributed by atoms with van der Waals surface area (Å²) in [7, 11) is -1.76. The van der Waals surface area contributed by atoms with Gasteiger partial charge in [-0.3, -0.25) is 9.18 Å². The van der Waals surface area contributed by atoms with Crippen molar-refractivity contribution < 1.29 is 26.7 Å². The highest BCUT2D eigenvalue weighted by molar-refractivity contribution is 7.92. The summed E-state index contributed by atoms with van der Waals surface area (Å²) in [6.07, 6.45) is 8.07. The van der Waals surface area contributed by atoms with Gasteiger partial charge in [0, 0.05) is 49.1 Å². The first kappa shape index (κ1) is 33.9. The molecule has 2 aromatic carbocycles. The number of likely N-dealkylation sites (tertiary alicyclic amines) is 2. The molecule has 2 aliphatic carbocycles. The average Bonchev–Trinajstić information content (AvgIpc) is 3.83. The summed E-state index contributed by atoms with van der Waals surface area (Å²) in [5.41, 5.74) is 1.30. The second-order valence-electron chi connectivity index (χ2n) is 15.5. The van der Waals surface area contributed by atoms with E-state index in [-0.39, 0.29) is 34.3 Å². The zero-order valence-electron chi connectivity index (χ0n) is 28.3. The molecule has 48 heavy (non-hydrogen) atoms. The summed E-state index contributed by atoms with van der Waals surface area (Å²) < 4.78 is 60.1. The summed E-state index contributed by atoms with van der Waals surface area (Å²) in [5, 5.41) is -0.232. The van der Waals surface area contributed by atoms with Crippen LogP contribution in [0.15, 0.2) is 53.4 Å². The molecule has 10 heteroatoms. The van der Waals surface area contributed by atoms with Crippen LogP contribution in [0.4, 0.5) is 14.5 Å². The number of ether oxygens (including phenoxy) is 1. The number of hydrogen-bond acceptors (Lipinski definition) is 7. The summed E-state index contributed by atoms with van der Waals surface area (Å²) in [6.45, 7) is 6.24. The Balaban J connectivity index is 1.06. The number of halogens is 2. The fourth-order valence-electron chi connectivity index (χ4n) is 9.71. The molecule has 7 nitrogen and oxygen atoms in total. The number of piperidine rings is 1. The van der Waals surface area contributed by atoms with E-state index < -0.39 is 21.9 Å². The molecule has 0 unspecified atom stereocenters. The Hall–Kier alpha value is -2.56. The van der Waals surface area contributed by atoms with Crippen LogP contribution in [0.3, 0.4) is 0 Å². The fourth-order valence-corrected chi connectivity index (χ4v) is 11.4. The predicted molar refractivity (Wildman–Crippen MR) is 183 cm³/mol. The third-order valence-electron chi connectivity index (χ3n) is 12.5. The number of alkyl halides is 1. The minimum absolute atomic E-state index is 0.163. The molecule has 7 rings (SSSR count). The highest BCUT2D eigenvalue weighted by Gasteiger charge is 2.53. The number of benzene rings is 2. The van der Waals surface area contributed by atoms with Gasteiger partial charge in [0.2, 0.25) is 0 Å². The number of carbonyl (C=O) groups is 1. The molecule has 0 radical (unpaired) electrons. The third kappa shape index (κ3) is 6.53. The maximum absolute atomic E-state index is 15.0. The van der Waals surface area contributed by atoms with E-state index in [9.17, 15) is 22.0 Å². The first-order valence-electron chi connectivity index (χ1n) is 18.1. The van der Waals surface area contributed by atoms with Gasteiger partial charge in [0.25, 0.3) is 0 Å². The quantitative estimate of drug-likeness (QED) is 0.245. The SMILES string of the molecule is COC(=O)C[C@H]1CCC[C@@H]1[C@](CN1CCC1)(c1cccc(F)c1)C1CCN(CC2(CF)CN(c3ccc(S(=O)(=O)C4CC4)cc3)C2)CC1. The minimum Gasteiger partial charge on any atom is -0.469 e. The molecule has 0 aromatic heterocycles. The summed E-state index contributed by atoms with van der Waals surface area (Å²) in [6, 6.07) is 14.4. The van der Waals surface area contributed by atoms with Gasteiger partial charge >= 0.3 is 5.97 Å². The molecule has 3 aliphatic heterocycles. The van der Waals surface area contributed by atoms with Gasteiger partial charge in [0.1, 0.15) is 5.82 Å². The number of carbonyl (C=O) groups excluding carboxylic acids is 1. The van der Waals surface area contributed by atoms with Gasteiger partial charge in [-0.2, -0.15) is 0 Å². The van der Waals surface area contributed by atoms with Crippen LogP contribution in [-0.2, 0) is 24.8 Å². The van der Waals surface area contributed by atoms with Crippen molar-refractivity contribution in [3.05, 3.63) is 59.9 Å². The van der Waals surface area contributed by atoms with E-state index in [2.05, 4.69) is 20.8 Å². The van der Waals surface area contributed by atoms with Crippen LogP contribution in [0.2, 0.25) is 0 Å². The number of sulfone groups is 1. The molecule has 3 saturated heterocycles. The number of anilines is 1. The maximum atomic E-state index is 15.0. The summed E-state index contributed by atoms with van der Waals surface area (Å²) in [5.74, 6) is 0.421. The average molecular weight is 684 g/mol. The lowest BCUT2D eigenvalue weighted by Crippen LogP contribution is -2.63. The lowest BCUT2D eigenvalue weighted by atomic mass is 9.56. The van der Waals surface area contributed by atoms with Gasteiger partial charge in [0.15, 0.2) is 9.84 Å². The highest BCUT2D eigenvalue weighted by atomic mass is 32.2. The molecule has 5 aliphatic rings. The van der Waals surface area contributed by atoms with Crippen LogP contribution in [-0.4, -0.2) is 95.6 Å². The second kappa shape index (κ2) is 13.6. The van der Waals surface area contributed by atoms with Crippen LogP contribution >= 0.6 is 0 Å². The molecule has 0 bridgehead atoms. The van der Waals surface area contributed by atoms with Gasteiger partial charge in [-0.25, -0.2) is 12.8 Å². The molecule has 0 N–H and O–H groups in total. The zero-order chi connectivity index (χ0) is 33.5. The first-order chi connectivity index (χ1) is 23.2. The summed E-state index contributed by atoms with van der Waals surface area (Å²) >= 11 is 0. The third-order valence-corrected chi connectivity index (χ3v) is 14.8. The number of hydrogen-bond donors (Lipinski definition) is 0. The van der Waals surface area contributed by atoms with E-state index in [4.69, 9.17) is 4.74 Å². The van der Waals surface area contributed by atoms with Crippen molar-refractivity contribution in [1.29, 1.82) is 0 Å². The molecule has 0 amide bonds. The standard InChI is InChI=1S/C38H51F2N3O4S/c1-47-36(44)21-28-5-2-8-35(28)38(27-41-17-4-18-41,30-6-3-7-31(40)22-30)29-15-19-42(20-16-29)24-37(23-39)25-43(26-37)32-9-11-33(12-10-32)48(45,46)34-13-14-34/h3,6-7,9-12,22,28-29,34-35H,2,4-5,8,13-21,23-27H2,1H3/t28-,35+,38+/m1/s1. The molecule has 262 valence electrons. The molecule has 0 spiro atoms. The van der Waals surface area contributed by atoms with Gasteiger partial charge in [-0.05, 0) is 131 Å². The van der Waals surface area contributed by atoms with Crippen LogP contribution < -0.4 is 4.90 Å². The Morgan fingerprint density at radius 1 is 0.938 bits per heavy atom. The number of methoxy groups -OCH3 is 1. The van der Waals surface area contributed by atoms with Crippen molar-refractivity contribution in [3.8, 4) is 0 Å². The monoisotopic (exact) mass is 683 g/mol. The van der Waals surface area contributed by atoms with Crippen molar-refractivity contribution in [2.45, 2.75) is 73.3 Å². The Morgan fingerprint density at radius 2 is 1.67 bits per heavy atom. The van der Waals surface area contributed by atoms with Crippen molar-refractivity contribution in [3.63, 3.8) is 0 Å². The van der Waals surface area contributed by atoms with Crippen LogP contribution in [0.5, 0.6) is 0 Å². The molecular weight excluding hydrogens is 632 g/mol. The molecule has 2 aromatic rings. The van der Waals surface area contributed by atoms with Crippen LogP contribution in [0, 0.1) is 29.0 Å². The van der Waals surface area contributed by atoms with Crippen LogP contribution in [0.25, 0.3) is 0 Å². The normalized spacial score (nSPS) is 26.4. The lowest BCUT2D eigenvalue weighted by Gasteiger charge is -2.55.